The molecule has 1 heterocycles. The highest BCUT2D eigenvalue weighted by molar-refractivity contribution is 7.92. The number of ketones is 3. The van der Waals surface area contributed by atoms with Crippen LogP contribution in [0.1, 0.15) is 125 Å². The van der Waals surface area contributed by atoms with Gasteiger partial charge in [0.25, 0.3) is 0 Å². The highest BCUT2D eigenvalue weighted by atomic mass is 32.2. The fourth-order valence-corrected chi connectivity index (χ4v) is 9.33. The van der Waals surface area contributed by atoms with E-state index in [0.29, 0.717) is 25.8 Å². The van der Waals surface area contributed by atoms with Gasteiger partial charge in [-0.1, -0.05) is 52.5 Å². The van der Waals surface area contributed by atoms with Crippen LogP contribution in [0.5, 0.6) is 0 Å². The van der Waals surface area contributed by atoms with Gasteiger partial charge in [0.05, 0.1) is 22.1 Å². The fourth-order valence-electron chi connectivity index (χ4n) is 7.81. The number of amides is 3. The number of terminal acetylenes is 1. The number of hydrogen-bond acceptors (Lipinski definition) is 7. The Hall–Kier alpha value is -3.00. The van der Waals surface area contributed by atoms with E-state index >= 15 is 0 Å². The normalized spacial score (nSPS) is 23.4. The molecule has 11 heteroatoms. The Morgan fingerprint density at radius 1 is 1.02 bits per heavy atom. The number of urea groups is 1. The first-order valence-electron chi connectivity index (χ1n) is 18.0. The molecule has 1 saturated heterocycles. The van der Waals surface area contributed by atoms with Crippen LogP contribution < -0.4 is 10.6 Å². The molecule has 3 rings (SSSR count). The summed E-state index contributed by atoms with van der Waals surface area (Å²) in [6.45, 7) is 14.5. The lowest BCUT2D eigenvalue weighted by atomic mass is 9.82. The van der Waals surface area contributed by atoms with Crippen LogP contribution in [0.4, 0.5) is 4.79 Å². The lowest BCUT2D eigenvalue weighted by Gasteiger charge is -2.41. The van der Waals surface area contributed by atoms with Crippen LogP contribution in [0.3, 0.4) is 0 Å². The van der Waals surface area contributed by atoms with Crippen molar-refractivity contribution in [3.8, 4) is 12.3 Å². The van der Waals surface area contributed by atoms with Crippen molar-refractivity contribution in [1.29, 1.82) is 0 Å². The molecule has 274 valence electrons. The van der Waals surface area contributed by atoms with Crippen molar-refractivity contribution in [3.63, 3.8) is 0 Å². The predicted octanol–water partition coefficient (Wildman–Crippen LogP) is 5.34. The van der Waals surface area contributed by atoms with Gasteiger partial charge in [-0.05, 0) is 76.5 Å². The first kappa shape index (κ1) is 40.4. The van der Waals surface area contributed by atoms with E-state index in [1.54, 1.807) is 31.7 Å². The van der Waals surface area contributed by atoms with E-state index in [9.17, 15) is 32.4 Å². The standard InChI is InChI=1S/C38H59N3O7S/c1-9-11-17-26(32(44)29(42)20-12-10-2)23-30(43)31-28-19-16-18-27(28)24-41(31)34(45)33(36(3,4)5)39-35(46)40-38(21-14-13-15-22-38)25-49(47,48)37(6,7)8/h1,10,26-28,31,33H,2,11-25H2,3-8H3,(H2,39,40,46)/t26?,27-,28-,31-,33+/m0/s1. The number of allylic oxidation sites excluding steroid dienone is 1. The highest BCUT2D eigenvalue weighted by Crippen LogP contribution is 2.44. The molecule has 1 aliphatic heterocycles. The van der Waals surface area contributed by atoms with Gasteiger partial charge in [0.1, 0.15) is 6.04 Å². The first-order chi connectivity index (χ1) is 22.8. The van der Waals surface area contributed by atoms with Crippen molar-refractivity contribution in [1.82, 2.24) is 15.5 Å². The zero-order chi connectivity index (χ0) is 36.8. The van der Waals surface area contributed by atoms with E-state index in [2.05, 4.69) is 23.1 Å². The minimum atomic E-state index is -3.56. The molecule has 3 fully saturated rings. The summed E-state index contributed by atoms with van der Waals surface area (Å²) in [5.41, 5.74) is -1.70. The summed E-state index contributed by atoms with van der Waals surface area (Å²) in [6.07, 6.45) is 13.8. The van der Waals surface area contributed by atoms with Gasteiger partial charge in [0, 0.05) is 31.7 Å². The Morgan fingerprint density at radius 3 is 2.24 bits per heavy atom. The maximum atomic E-state index is 14.5. The molecule has 1 unspecified atom stereocenters. The largest absolute Gasteiger partial charge is 0.332 e. The minimum Gasteiger partial charge on any atom is -0.332 e. The van der Waals surface area contributed by atoms with E-state index < -0.39 is 61.1 Å². The minimum absolute atomic E-state index is 0.0201. The predicted molar refractivity (Wildman–Crippen MR) is 191 cm³/mol. The second-order valence-electron chi connectivity index (χ2n) is 16.6. The van der Waals surface area contributed by atoms with Crippen LogP contribution >= 0.6 is 0 Å². The van der Waals surface area contributed by atoms with Gasteiger partial charge in [0.2, 0.25) is 11.7 Å². The SMILES string of the molecule is C#CCCC(CC(=O)[C@@H]1[C@H]2CCC[C@H]2CN1C(=O)[C@@H](NC(=O)NC1(CS(=O)(=O)C(C)(C)C)CCCCC1)C(C)(C)C)C(=O)C(=O)CCC=C. The first-order valence-corrected chi connectivity index (χ1v) is 19.7. The van der Waals surface area contributed by atoms with Crippen LogP contribution in [-0.2, 0) is 29.0 Å². The molecule has 0 aromatic heterocycles. The summed E-state index contributed by atoms with van der Waals surface area (Å²) in [4.78, 5) is 69.8. The maximum absolute atomic E-state index is 14.5. The van der Waals surface area contributed by atoms with Crippen molar-refractivity contribution in [2.75, 3.05) is 12.3 Å². The number of nitrogens with one attached hydrogen (secondary N) is 2. The summed E-state index contributed by atoms with van der Waals surface area (Å²) in [7, 11) is -3.56. The lowest BCUT2D eigenvalue weighted by molar-refractivity contribution is -0.144. The molecule has 3 amide bonds. The Labute approximate surface area is 294 Å². The van der Waals surface area contributed by atoms with Gasteiger partial charge in [-0.15, -0.1) is 18.9 Å². The van der Waals surface area contributed by atoms with E-state index in [1.807, 2.05) is 20.8 Å². The zero-order valence-electron chi connectivity index (χ0n) is 30.6. The van der Waals surface area contributed by atoms with E-state index in [1.165, 1.54) is 0 Å². The smallest absolute Gasteiger partial charge is 0.315 e. The van der Waals surface area contributed by atoms with Gasteiger partial charge < -0.3 is 15.5 Å². The topological polar surface area (TPSA) is 147 Å². The summed E-state index contributed by atoms with van der Waals surface area (Å²) in [5.74, 6) is -0.308. The molecule has 0 aromatic carbocycles. The molecule has 2 aliphatic carbocycles. The lowest BCUT2D eigenvalue weighted by Crippen LogP contribution is -2.63. The van der Waals surface area contributed by atoms with Gasteiger partial charge in [-0.3, -0.25) is 19.2 Å². The van der Waals surface area contributed by atoms with Gasteiger partial charge in [0.15, 0.2) is 21.4 Å². The third-order valence-electron chi connectivity index (χ3n) is 10.8. The number of sulfone groups is 1. The van der Waals surface area contributed by atoms with E-state index in [-0.39, 0.29) is 55.0 Å². The number of Topliss-reactive ketones (excluding diaryl/α,β-unsaturated/α-hetero) is 3. The Morgan fingerprint density at radius 2 is 1.67 bits per heavy atom. The third kappa shape index (κ3) is 10.0. The second kappa shape index (κ2) is 16.3. The van der Waals surface area contributed by atoms with Crippen molar-refractivity contribution < 1.29 is 32.4 Å². The Bertz CT molecular complexity index is 1410. The van der Waals surface area contributed by atoms with E-state index in [4.69, 9.17) is 6.42 Å². The molecular weight excluding hydrogens is 642 g/mol. The van der Waals surface area contributed by atoms with Gasteiger partial charge in [-0.2, -0.15) is 0 Å². The number of likely N-dealkylation sites (tertiary alicyclic amines) is 1. The van der Waals surface area contributed by atoms with Crippen LogP contribution in [0.25, 0.3) is 0 Å². The summed E-state index contributed by atoms with van der Waals surface area (Å²) < 4.78 is 25.6. The molecule has 0 radical (unpaired) electrons. The Balaban J connectivity index is 1.87. The van der Waals surface area contributed by atoms with Gasteiger partial charge in [-0.25, -0.2) is 13.2 Å². The van der Waals surface area contributed by atoms with Crippen molar-refractivity contribution in [2.45, 2.75) is 147 Å². The molecule has 2 N–H and O–H groups in total. The molecule has 3 aliphatic rings. The summed E-state index contributed by atoms with van der Waals surface area (Å²) in [6, 6.07) is -2.40. The van der Waals surface area contributed by atoms with Crippen LogP contribution in [0.15, 0.2) is 12.7 Å². The average Bonchev–Trinajstić information content (AvgIpc) is 3.60. The fraction of sp³-hybridized carbons (Fsp3) is 0.763. The van der Waals surface area contributed by atoms with Crippen molar-refractivity contribution in [3.05, 3.63) is 12.7 Å². The third-order valence-corrected chi connectivity index (χ3v) is 13.6. The maximum Gasteiger partial charge on any atom is 0.315 e. The monoisotopic (exact) mass is 701 g/mol. The van der Waals surface area contributed by atoms with Crippen LogP contribution in [-0.4, -0.2) is 77.3 Å². The molecular formula is C38H59N3O7S. The molecule has 0 aromatic rings. The molecule has 5 atom stereocenters. The van der Waals surface area contributed by atoms with Crippen molar-refractivity contribution >= 4 is 39.1 Å². The number of carbonyl (C=O) groups is 5. The van der Waals surface area contributed by atoms with E-state index in [0.717, 1.165) is 38.5 Å². The number of fused-ring (bicyclic) bond motifs is 1. The zero-order valence-corrected chi connectivity index (χ0v) is 31.4. The van der Waals surface area contributed by atoms with Crippen LogP contribution in [0, 0.1) is 35.5 Å². The van der Waals surface area contributed by atoms with Crippen LogP contribution in [0.2, 0.25) is 0 Å². The molecule has 0 spiro atoms. The summed E-state index contributed by atoms with van der Waals surface area (Å²) in [5, 5.41) is 5.91. The quantitative estimate of drug-likeness (QED) is 0.133. The average molecular weight is 702 g/mol. The number of hydrogen-bond donors (Lipinski definition) is 2. The number of rotatable bonds is 15. The summed E-state index contributed by atoms with van der Waals surface area (Å²) >= 11 is 0. The highest BCUT2D eigenvalue weighted by Gasteiger charge is 2.52. The molecule has 10 nitrogen and oxygen atoms in total. The Kier molecular flexibility index (Phi) is 13.5. The number of nitrogens with zero attached hydrogens (tertiary/aromatic N) is 1. The molecule has 2 saturated carbocycles. The van der Waals surface area contributed by atoms with Crippen molar-refractivity contribution in [2.24, 2.45) is 23.2 Å². The number of carbonyl (C=O) groups excluding carboxylic acids is 5. The molecule has 49 heavy (non-hydrogen) atoms. The second-order valence-corrected chi connectivity index (χ2v) is 19.4. The van der Waals surface area contributed by atoms with Gasteiger partial charge >= 0.3 is 6.03 Å². The molecule has 0 bridgehead atoms.